The van der Waals surface area contributed by atoms with Gasteiger partial charge in [-0.1, -0.05) is 25.8 Å². The molecule has 0 amide bonds. The highest BCUT2D eigenvalue weighted by Crippen LogP contribution is 2.52. The first-order valence-electron chi connectivity index (χ1n) is 7.12. The van der Waals surface area contributed by atoms with Crippen LogP contribution < -0.4 is 0 Å². The first-order valence-corrected chi connectivity index (χ1v) is 7.12. The van der Waals surface area contributed by atoms with Crippen LogP contribution in [0.3, 0.4) is 0 Å². The van der Waals surface area contributed by atoms with Crippen molar-refractivity contribution in [2.24, 2.45) is 11.8 Å². The molecule has 2 rings (SSSR count). The molecule has 1 fully saturated rings. The molecule has 0 aromatic heterocycles. The number of ether oxygens (including phenoxy) is 1. The molecular weight excluding hydrogens is 272 g/mol. The zero-order valence-electron chi connectivity index (χ0n) is 11.8. The number of halogens is 4. The van der Waals surface area contributed by atoms with Crippen LogP contribution in [-0.4, -0.2) is 18.5 Å². The molecule has 0 aromatic carbocycles. The molecule has 0 heterocycles. The van der Waals surface area contributed by atoms with Crippen molar-refractivity contribution in [2.75, 3.05) is 6.61 Å². The third kappa shape index (κ3) is 2.47. The van der Waals surface area contributed by atoms with Crippen molar-refractivity contribution in [1.82, 2.24) is 0 Å². The van der Waals surface area contributed by atoms with Crippen molar-refractivity contribution < 1.29 is 22.3 Å². The number of hydrogen-bond donors (Lipinski definition) is 0. The van der Waals surface area contributed by atoms with E-state index in [0.29, 0.717) is 18.8 Å². The van der Waals surface area contributed by atoms with Crippen LogP contribution in [0.25, 0.3) is 0 Å². The Hall–Kier alpha value is -1.00. The first kappa shape index (κ1) is 15.4. The van der Waals surface area contributed by atoms with Crippen LogP contribution in [0.15, 0.2) is 23.5 Å². The predicted molar refractivity (Wildman–Crippen MR) is 68.8 cm³/mol. The van der Waals surface area contributed by atoms with Crippen LogP contribution in [0.2, 0.25) is 0 Å². The maximum Gasteiger partial charge on any atom is 0.369 e. The number of alkyl halides is 4. The van der Waals surface area contributed by atoms with Gasteiger partial charge in [-0.25, -0.2) is 0 Å². The number of allylic oxidation sites excluding steroid dienone is 4. The zero-order chi connectivity index (χ0) is 15.0. The summed E-state index contributed by atoms with van der Waals surface area (Å²) in [5.74, 6) is -9.31. The van der Waals surface area contributed by atoms with Gasteiger partial charge >= 0.3 is 11.8 Å². The highest BCUT2D eigenvalue weighted by molar-refractivity contribution is 5.36. The van der Waals surface area contributed by atoms with Gasteiger partial charge in [0.1, 0.15) is 0 Å². The third-order valence-corrected chi connectivity index (χ3v) is 4.24. The van der Waals surface area contributed by atoms with Gasteiger partial charge in [0.05, 0.1) is 6.61 Å². The quantitative estimate of drug-likeness (QED) is 0.669. The van der Waals surface area contributed by atoms with Crippen LogP contribution in [0.4, 0.5) is 17.6 Å². The molecule has 114 valence electrons. The summed E-state index contributed by atoms with van der Waals surface area (Å²) in [7, 11) is 0. The smallest absolute Gasteiger partial charge is 0.369 e. The van der Waals surface area contributed by atoms with Crippen molar-refractivity contribution in [3.63, 3.8) is 0 Å². The van der Waals surface area contributed by atoms with E-state index in [0.717, 1.165) is 25.0 Å². The zero-order valence-corrected chi connectivity index (χ0v) is 11.8. The Morgan fingerprint density at radius 2 is 1.65 bits per heavy atom. The van der Waals surface area contributed by atoms with E-state index in [9.17, 15) is 17.6 Å². The summed E-state index contributed by atoms with van der Waals surface area (Å²) in [5, 5.41) is 0. The lowest BCUT2D eigenvalue weighted by molar-refractivity contribution is -0.189. The Kier molecular flexibility index (Phi) is 4.17. The Bertz CT molecular complexity index is 418. The maximum atomic E-state index is 14.2. The van der Waals surface area contributed by atoms with E-state index >= 15 is 0 Å². The number of hydrogen-bond acceptors (Lipinski definition) is 1. The molecule has 20 heavy (non-hydrogen) atoms. The van der Waals surface area contributed by atoms with Crippen molar-refractivity contribution in [3.05, 3.63) is 23.5 Å². The summed E-state index contributed by atoms with van der Waals surface area (Å²) in [6.45, 7) is 3.50. The van der Waals surface area contributed by atoms with E-state index < -0.39 is 29.1 Å². The van der Waals surface area contributed by atoms with Crippen LogP contribution in [0, 0.1) is 11.8 Å². The van der Waals surface area contributed by atoms with E-state index in [1.54, 1.807) is 0 Å². The molecule has 0 atom stereocenters. The highest BCUT2D eigenvalue weighted by Gasteiger charge is 2.64. The van der Waals surface area contributed by atoms with Crippen molar-refractivity contribution >= 4 is 0 Å². The van der Waals surface area contributed by atoms with Crippen molar-refractivity contribution in [1.29, 1.82) is 0 Å². The molecule has 2 aliphatic carbocycles. The predicted octanol–water partition coefficient (Wildman–Crippen LogP) is 4.94. The normalized spacial score (nSPS) is 32.3. The van der Waals surface area contributed by atoms with Gasteiger partial charge in [0, 0.05) is 5.57 Å². The molecule has 5 heteroatoms. The minimum absolute atomic E-state index is 0.0539. The second-order valence-corrected chi connectivity index (χ2v) is 5.69. The monoisotopic (exact) mass is 292 g/mol. The van der Waals surface area contributed by atoms with E-state index in [1.807, 2.05) is 0 Å². The summed E-state index contributed by atoms with van der Waals surface area (Å²) in [5.41, 5.74) is -0.433. The third-order valence-electron chi connectivity index (χ3n) is 4.24. The molecule has 0 aliphatic heterocycles. The highest BCUT2D eigenvalue weighted by atomic mass is 19.3. The molecule has 0 N–H and O–H groups in total. The molecule has 0 aromatic rings. The second-order valence-electron chi connectivity index (χ2n) is 5.69. The van der Waals surface area contributed by atoms with Crippen molar-refractivity contribution in [2.45, 2.75) is 51.4 Å². The topological polar surface area (TPSA) is 9.23 Å². The van der Waals surface area contributed by atoms with Crippen LogP contribution in [0.1, 0.15) is 39.5 Å². The minimum Gasteiger partial charge on any atom is -0.492 e. The van der Waals surface area contributed by atoms with Gasteiger partial charge in [-0.2, -0.15) is 17.6 Å². The fourth-order valence-corrected chi connectivity index (χ4v) is 2.97. The van der Waals surface area contributed by atoms with Crippen LogP contribution >= 0.6 is 0 Å². The lowest BCUT2D eigenvalue weighted by Crippen LogP contribution is -2.48. The van der Waals surface area contributed by atoms with Gasteiger partial charge in [0.15, 0.2) is 5.76 Å². The molecule has 1 saturated carbocycles. The van der Waals surface area contributed by atoms with Gasteiger partial charge in [-0.15, -0.1) is 0 Å². The Morgan fingerprint density at radius 3 is 2.20 bits per heavy atom. The number of rotatable bonds is 3. The van der Waals surface area contributed by atoms with Crippen molar-refractivity contribution in [3.8, 4) is 0 Å². The SMILES string of the molecule is CCOC1=CC=C(C2CCC(C)CC2)C(F)(F)C1(F)F. The van der Waals surface area contributed by atoms with Gasteiger partial charge in [-0.05, 0) is 37.7 Å². The molecular formula is C15H20F4O. The first-order chi connectivity index (χ1) is 9.30. The average Bonchev–Trinajstić information content (AvgIpc) is 2.38. The maximum absolute atomic E-state index is 14.2. The molecule has 0 bridgehead atoms. The Labute approximate surface area is 116 Å². The Morgan fingerprint density at radius 1 is 1.05 bits per heavy atom. The molecule has 1 nitrogen and oxygen atoms in total. The summed E-state index contributed by atoms with van der Waals surface area (Å²) >= 11 is 0. The summed E-state index contributed by atoms with van der Waals surface area (Å²) < 4.78 is 60.9. The second kappa shape index (κ2) is 5.41. The minimum atomic E-state index is -4.25. The fraction of sp³-hybridized carbons (Fsp3) is 0.733. The Balaban J connectivity index is 2.28. The van der Waals surface area contributed by atoms with E-state index in [-0.39, 0.29) is 6.61 Å². The molecule has 0 unspecified atom stereocenters. The molecule has 0 spiro atoms. The van der Waals surface area contributed by atoms with E-state index in [1.165, 1.54) is 6.92 Å². The summed E-state index contributed by atoms with van der Waals surface area (Å²) in [6.07, 6.45) is 4.88. The molecule has 0 radical (unpaired) electrons. The summed E-state index contributed by atoms with van der Waals surface area (Å²) in [4.78, 5) is 0. The lowest BCUT2D eigenvalue weighted by atomic mass is 9.75. The average molecular weight is 292 g/mol. The standard InChI is InChI=1S/C15H20F4O/c1-3-20-13-9-8-12(14(16,17)15(13,18)19)11-6-4-10(2)5-7-11/h8-11H,3-7H2,1-2H3. The van der Waals surface area contributed by atoms with Gasteiger partial charge < -0.3 is 4.74 Å². The van der Waals surface area contributed by atoms with E-state index in [2.05, 4.69) is 11.7 Å². The van der Waals surface area contributed by atoms with Gasteiger partial charge in [-0.3, -0.25) is 0 Å². The molecule has 2 aliphatic rings. The van der Waals surface area contributed by atoms with Crippen LogP contribution in [0.5, 0.6) is 0 Å². The summed E-state index contributed by atoms with van der Waals surface area (Å²) in [6, 6.07) is 0. The lowest BCUT2D eigenvalue weighted by Gasteiger charge is -2.37. The van der Waals surface area contributed by atoms with Gasteiger partial charge in [0.2, 0.25) is 0 Å². The van der Waals surface area contributed by atoms with E-state index in [4.69, 9.17) is 0 Å². The van der Waals surface area contributed by atoms with Crippen LogP contribution in [-0.2, 0) is 4.74 Å². The fourth-order valence-electron chi connectivity index (χ4n) is 2.97. The van der Waals surface area contributed by atoms with Gasteiger partial charge in [0.25, 0.3) is 0 Å². The largest absolute Gasteiger partial charge is 0.492 e. The molecule has 0 saturated heterocycles.